The molecule has 0 aliphatic rings. The van der Waals surface area contributed by atoms with E-state index in [2.05, 4.69) is 5.32 Å². The van der Waals surface area contributed by atoms with Crippen molar-refractivity contribution >= 4 is 21.4 Å². The fourth-order valence-corrected chi connectivity index (χ4v) is 2.60. The number of nitrogens with one attached hydrogen (secondary N) is 1. The van der Waals surface area contributed by atoms with Crippen LogP contribution in [0.3, 0.4) is 0 Å². The van der Waals surface area contributed by atoms with E-state index in [1.165, 1.54) is 30.3 Å². The molecule has 1 aromatic heterocycles. The van der Waals surface area contributed by atoms with Gasteiger partial charge in [-0.15, -0.1) is 0 Å². The number of carbonyl (C=O) groups excluding carboxylic acids is 1. The van der Waals surface area contributed by atoms with Gasteiger partial charge in [0.1, 0.15) is 5.76 Å². The van der Waals surface area contributed by atoms with Crippen molar-refractivity contribution in [3.05, 3.63) is 47.9 Å². The van der Waals surface area contributed by atoms with Crippen LogP contribution in [0.5, 0.6) is 0 Å². The van der Waals surface area contributed by atoms with Gasteiger partial charge in [-0.1, -0.05) is 6.92 Å². The first-order valence-electron chi connectivity index (χ1n) is 6.39. The maximum absolute atomic E-state index is 11.9. The van der Waals surface area contributed by atoms with E-state index in [9.17, 15) is 13.2 Å². The molecule has 0 atom stereocenters. The number of furan rings is 1. The lowest BCUT2D eigenvalue weighted by atomic mass is 10.3. The summed E-state index contributed by atoms with van der Waals surface area (Å²) in [6.45, 7) is 1.80. The van der Waals surface area contributed by atoms with E-state index < -0.39 is 15.7 Å². The summed E-state index contributed by atoms with van der Waals surface area (Å²) in [5.41, 5.74) is 5.89. The summed E-state index contributed by atoms with van der Waals surface area (Å²) in [4.78, 5) is 12.1. The molecule has 0 aliphatic carbocycles. The van der Waals surface area contributed by atoms with Crippen molar-refractivity contribution in [2.45, 2.75) is 18.4 Å². The Morgan fingerprint density at radius 1 is 1.19 bits per heavy atom. The van der Waals surface area contributed by atoms with Gasteiger partial charge < -0.3 is 15.5 Å². The summed E-state index contributed by atoms with van der Waals surface area (Å²) in [5, 5.41) is 2.62. The zero-order valence-electron chi connectivity index (χ0n) is 11.5. The number of benzene rings is 1. The SMILES string of the molecule is CCS(=O)(=O)c1ccc(NC(=O)c2ccc(CN)o2)cc1. The third kappa shape index (κ3) is 3.50. The summed E-state index contributed by atoms with van der Waals surface area (Å²) in [7, 11) is -3.24. The molecular formula is C14H16N2O4S. The highest BCUT2D eigenvalue weighted by molar-refractivity contribution is 7.91. The van der Waals surface area contributed by atoms with Gasteiger partial charge in [-0.2, -0.15) is 0 Å². The van der Waals surface area contributed by atoms with Gasteiger partial charge in [0.2, 0.25) is 0 Å². The number of hydrogen-bond donors (Lipinski definition) is 2. The van der Waals surface area contributed by atoms with Gasteiger partial charge in [0.25, 0.3) is 5.91 Å². The minimum Gasteiger partial charge on any atom is -0.455 e. The fraction of sp³-hybridized carbons (Fsp3) is 0.214. The van der Waals surface area contributed by atoms with Gasteiger partial charge in [0.05, 0.1) is 17.2 Å². The maximum Gasteiger partial charge on any atom is 0.291 e. The van der Waals surface area contributed by atoms with Gasteiger partial charge >= 0.3 is 0 Å². The number of sulfone groups is 1. The lowest BCUT2D eigenvalue weighted by Gasteiger charge is -2.05. The highest BCUT2D eigenvalue weighted by Crippen LogP contribution is 2.16. The first kappa shape index (κ1) is 15.3. The minimum absolute atomic E-state index is 0.0347. The van der Waals surface area contributed by atoms with Crippen molar-refractivity contribution in [2.75, 3.05) is 11.1 Å². The van der Waals surface area contributed by atoms with Crippen LogP contribution in [-0.4, -0.2) is 20.1 Å². The van der Waals surface area contributed by atoms with Crippen molar-refractivity contribution in [1.29, 1.82) is 0 Å². The maximum atomic E-state index is 11.9. The number of amides is 1. The molecule has 0 saturated carbocycles. The zero-order valence-corrected chi connectivity index (χ0v) is 12.3. The molecule has 1 amide bonds. The summed E-state index contributed by atoms with van der Waals surface area (Å²) in [5.74, 6) is 0.290. The normalized spacial score (nSPS) is 11.3. The molecule has 6 nitrogen and oxygen atoms in total. The predicted octanol–water partition coefficient (Wildman–Crippen LogP) is 1.78. The van der Waals surface area contributed by atoms with E-state index >= 15 is 0 Å². The second-order valence-corrected chi connectivity index (χ2v) is 6.63. The molecule has 0 aliphatic heterocycles. The molecule has 0 unspecified atom stereocenters. The molecular weight excluding hydrogens is 292 g/mol. The van der Waals surface area contributed by atoms with Gasteiger partial charge in [-0.25, -0.2) is 8.42 Å². The Morgan fingerprint density at radius 2 is 1.86 bits per heavy atom. The van der Waals surface area contributed by atoms with Gasteiger partial charge in [-0.3, -0.25) is 4.79 Å². The molecule has 2 aromatic rings. The summed E-state index contributed by atoms with van der Waals surface area (Å²) in [6.07, 6.45) is 0. The third-order valence-electron chi connectivity index (χ3n) is 2.94. The molecule has 112 valence electrons. The highest BCUT2D eigenvalue weighted by Gasteiger charge is 2.13. The number of rotatable bonds is 5. The van der Waals surface area contributed by atoms with Crippen LogP contribution < -0.4 is 11.1 Å². The third-order valence-corrected chi connectivity index (χ3v) is 4.69. The highest BCUT2D eigenvalue weighted by atomic mass is 32.2. The molecule has 0 saturated heterocycles. The minimum atomic E-state index is -3.24. The van der Waals surface area contributed by atoms with Crippen LogP contribution in [0, 0.1) is 0 Å². The van der Waals surface area contributed by atoms with Crippen LogP contribution in [0.1, 0.15) is 23.2 Å². The molecule has 2 rings (SSSR count). The Morgan fingerprint density at radius 3 is 2.38 bits per heavy atom. The molecule has 1 heterocycles. The predicted molar refractivity (Wildman–Crippen MR) is 78.7 cm³/mol. The second-order valence-electron chi connectivity index (χ2n) is 4.35. The Balaban J connectivity index is 2.11. The number of anilines is 1. The Hall–Kier alpha value is -2.12. The smallest absolute Gasteiger partial charge is 0.291 e. The van der Waals surface area contributed by atoms with Crippen LogP contribution >= 0.6 is 0 Å². The van der Waals surface area contributed by atoms with E-state index in [1.807, 2.05) is 0 Å². The lowest BCUT2D eigenvalue weighted by Crippen LogP contribution is -2.11. The monoisotopic (exact) mass is 308 g/mol. The fourth-order valence-electron chi connectivity index (χ4n) is 1.71. The number of nitrogens with two attached hydrogens (primary N) is 1. The van der Waals surface area contributed by atoms with E-state index in [4.69, 9.17) is 10.2 Å². The van der Waals surface area contributed by atoms with Crippen molar-refractivity contribution in [3.63, 3.8) is 0 Å². The first-order valence-corrected chi connectivity index (χ1v) is 8.04. The molecule has 0 radical (unpaired) electrons. The topological polar surface area (TPSA) is 102 Å². The first-order chi connectivity index (χ1) is 9.96. The Bertz CT molecular complexity index is 733. The average molecular weight is 308 g/mol. The van der Waals surface area contributed by atoms with Crippen molar-refractivity contribution < 1.29 is 17.6 Å². The molecule has 1 aromatic carbocycles. The summed E-state index contributed by atoms with van der Waals surface area (Å²) < 4.78 is 28.6. The summed E-state index contributed by atoms with van der Waals surface area (Å²) >= 11 is 0. The van der Waals surface area contributed by atoms with E-state index in [1.54, 1.807) is 13.0 Å². The van der Waals surface area contributed by atoms with Crippen molar-refractivity contribution in [3.8, 4) is 0 Å². The van der Waals surface area contributed by atoms with Gasteiger partial charge in [0, 0.05) is 5.69 Å². The van der Waals surface area contributed by atoms with Crippen LogP contribution in [0.2, 0.25) is 0 Å². The molecule has 7 heteroatoms. The quantitative estimate of drug-likeness (QED) is 0.876. The molecule has 0 bridgehead atoms. The number of carbonyl (C=O) groups is 1. The Kier molecular flexibility index (Phi) is 4.44. The van der Waals surface area contributed by atoms with E-state index in [0.717, 1.165) is 0 Å². The van der Waals surface area contributed by atoms with Gasteiger partial charge in [0.15, 0.2) is 15.6 Å². The number of hydrogen-bond acceptors (Lipinski definition) is 5. The second kappa shape index (κ2) is 6.11. The molecule has 21 heavy (non-hydrogen) atoms. The zero-order chi connectivity index (χ0) is 15.5. The van der Waals surface area contributed by atoms with Crippen LogP contribution in [0.25, 0.3) is 0 Å². The van der Waals surface area contributed by atoms with Crippen LogP contribution in [-0.2, 0) is 16.4 Å². The Labute approximate surface area is 122 Å². The molecule has 0 fully saturated rings. The van der Waals surface area contributed by atoms with E-state index in [0.29, 0.717) is 11.4 Å². The van der Waals surface area contributed by atoms with Crippen LogP contribution in [0.15, 0.2) is 45.7 Å². The lowest BCUT2D eigenvalue weighted by molar-refractivity contribution is 0.0995. The molecule has 3 N–H and O–H groups in total. The largest absolute Gasteiger partial charge is 0.455 e. The van der Waals surface area contributed by atoms with Crippen molar-refractivity contribution in [1.82, 2.24) is 0 Å². The van der Waals surface area contributed by atoms with Crippen molar-refractivity contribution in [2.24, 2.45) is 5.73 Å². The average Bonchev–Trinajstić information content (AvgIpc) is 2.97. The van der Waals surface area contributed by atoms with Crippen LogP contribution in [0.4, 0.5) is 5.69 Å². The van der Waals surface area contributed by atoms with E-state index in [-0.39, 0.29) is 23.0 Å². The summed E-state index contributed by atoms with van der Waals surface area (Å²) in [6, 6.07) is 9.16. The van der Waals surface area contributed by atoms with Gasteiger partial charge in [-0.05, 0) is 36.4 Å². The standard InChI is InChI=1S/C14H16N2O4S/c1-2-21(18,19)12-6-3-10(4-7-12)16-14(17)13-8-5-11(9-15)20-13/h3-8H,2,9,15H2,1H3,(H,16,17). The molecule has 0 spiro atoms.